The van der Waals surface area contributed by atoms with Gasteiger partial charge in [-0.15, -0.1) is 0 Å². The Morgan fingerprint density at radius 3 is 0.563 bits per heavy atom. The van der Waals surface area contributed by atoms with Gasteiger partial charge in [0.2, 0.25) is 0 Å². The molecule has 3 fully saturated rings. The molecule has 10 heteroatoms. The minimum absolute atomic E-state index is 0.401. The predicted octanol–water partition coefficient (Wildman–Crippen LogP) is 23.3. The van der Waals surface area contributed by atoms with Gasteiger partial charge >= 0.3 is 0 Å². The summed E-state index contributed by atoms with van der Waals surface area (Å²) in [6.07, 6.45) is 6.99. The van der Waals surface area contributed by atoms with Crippen LogP contribution >= 0.6 is 48.4 Å². The van der Waals surface area contributed by atoms with Crippen LogP contribution in [0.5, 0.6) is 0 Å². The Bertz CT molecular complexity index is 3910. The van der Waals surface area contributed by atoms with Gasteiger partial charge in [-0.05, 0) is 149 Å². The van der Waals surface area contributed by atoms with Gasteiger partial charge < -0.3 is 0 Å². The number of aryl methyl sites for hydroxylation is 3. The minimum Gasteiger partial charge on any atom is -0.299 e. The van der Waals surface area contributed by atoms with Gasteiger partial charge in [0.05, 0.1) is 0 Å². The molecule has 15 rings (SSSR count). The molecule has 3 saturated heterocycles. The lowest BCUT2D eigenvalue weighted by Gasteiger charge is -2.45. The summed E-state index contributed by atoms with van der Waals surface area (Å²) in [7, 11) is -5.48. The van der Waals surface area contributed by atoms with Crippen LogP contribution in [0.3, 0.4) is 0 Å². The third-order valence-electron chi connectivity index (χ3n) is 21.3. The molecule has 0 N–H and O–H groups in total. The van der Waals surface area contributed by atoms with E-state index in [1.165, 1.54) is 120 Å². The van der Waals surface area contributed by atoms with Gasteiger partial charge in [0.1, 0.15) is 0 Å². The molecule has 0 aromatic heterocycles. The second kappa shape index (κ2) is 35.0. The van der Waals surface area contributed by atoms with Crippen LogP contribution in [0, 0.1) is 20.8 Å². The van der Waals surface area contributed by atoms with E-state index in [0.717, 1.165) is 39.3 Å². The van der Waals surface area contributed by atoms with Crippen LogP contribution in [0.4, 0.5) is 0 Å². The average molecular weight is 1460 g/mol. The molecule has 0 radical (unpaired) electrons. The maximum Gasteiger partial charge on any atom is 0.0319 e. The molecule has 3 heterocycles. The van der Waals surface area contributed by atoms with E-state index < -0.39 is 48.4 Å². The Morgan fingerprint density at radius 1 is 0.214 bits per heavy atom. The molecule has 12 aromatic carbocycles. The maximum absolute atomic E-state index is 3.19. The standard InChI is InChI=1S/C93H96N4P6/c1-73-49-55-85(56-50-73)98(82-43-25-10-26-44-82)95(101-88(76-31-13-4-14-32-76)61-62-89(101)77-33-15-5-16-34-77)70-67-94(68-71-96(99(83-45-27-11-28-46-83)86-57-51-74(2)52-58-86)102-90(78-35-17-6-18-36-78)63-64-91(102)79-37-19-7-20-38-79)69-72-97(100(84-47-29-12-30-48-84)87-59-53-75(3)54-60-87)103-92(80-39-21-8-22-40-80)65-66-93(103)81-41-23-9-24-42-81/h4-60,88-93H,61-72H2,1-3H3/t88-,89-,90-,91-,92-,93-,98?,99?,100?/m0/s1. The van der Waals surface area contributed by atoms with Crippen molar-refractivity contribution in [3.63, 3.8) is 0 Å². The predicted molar refractivity (Wildman–Crippen MR) is 452 cm³/mol. The summed E-state index contributed by atoms with van der Waals surface area (Å²) < 4.78 is 9.58. The van der Waals surface area contributed by atoms with E-state index in [2.05, 4.69) is 385 Å². The summed E-state index contributed by atoms with van der Waals surface area (Å²) in [6, 6.07) is 135. The number of benzene rings is 12. The Kier molecular flexibility index (Phi) is 24.3. The summed E-state index contributed by atoms with van der Waals surface area (Å²) in [5.41, 5.74) is 15.2. The number of hydrogen-bond acceptors (Lipinski definition) is 4. The fraction of sp³-hybridized carbons (Fsp3) is 0.226. The first-order valence-corrected chi connectivity index (χ1v) is 45.5. The largest absolute Gasteiger partial charge is 0.299 e. The zero-order chi connectivity index (χ0) is 69.7. The van der Waals surface area contributed by atoms with Gasteiger partial charge in [-0.25, -0.2) is 0 Å². The Balaban J connectivity index is 0.927. The fourth-order valence-electron chi connectivity index (χ4n) is 16.3. The summed E-state index contributed by atoms with van der Waals surface area (Å²) in [6.45, 7) is 12.4. The highest BCUT2D eigenvalue weighted by molar-refractivity contribution is 7.81. The molecular formula is C93H96N4P6. The number of rotatable bonds is 27. The van der Waals surface area contributed by atoms with Crippen LogP contribution in [-0.4, -0.2) is 57.5 Å². The van der Waals surface area contributed by atoms with Crippen molar-refractivity contribution in [2.24, 2.45) is 0 Å². The molecule has 0 spiro atoms. The lowest BCUT2D eigenvalue weighted by molar-refractivity contribution is 0.260. The Hall–Kier alpha value is -6.94. The molecule has 3 unspecified atom stereocenters. The van der Waals surface area contributed by atoms with Crippen molar-refractivity contribution in [1.82, 2.24) is 18.2 Å². The lowest BCUT2D eigenvalue weighted by atomic mass is 10.0. The first kappa shape index (κ1) is 71.7. The topological polar surface area (TPSA) is 13.0 Å². The van der Waals surface area contributed by atoms with Crippen LogP contribution in [-0.2, 0) is 0 Å². The smallest absolute Gasteiger partial charge is 0.0319 e. The molecule has 4 nitrogen and oxygen atoms in total. The molecule has 3 aliphatic rings. The van der Waals surface area contributed by atoms with Crippen LogP contribution in [0.1, 0.15) is 123 Å². The molecule has 103 heavy (non-hydrogen) atoms. The quantitative estimate of drug-likeness (QED) is 0.0476. The Labute approximate surface area is 622 Å². The third kappa shape index (κ3) is 16.8. The van der Waals surface area contributed by atoms with Gasteiger partial charge in [-0.1, -0.05) is 362 Å². The van der Waals surface area contributed by atoms with Crippen molar-refractivity contribution in [3.8, 4) is 0 Å². The van der Waals surface area contributed by atoms with E-state index in [9.17, 15) is 0 Å². The summed E-state index contributed by atoms with van der Waals surface area (Å²) >= 11 is 0. The average Bonchev–Trinajstić information content (AvgIpc) is 1.70. The second-order valence-corrected chi connectivity index (χ2v) is 42.8. The van der Waals surface area contributed by atoms with Crippen molar-refractivity contribution < 1.29 is 0 Å². The first-order chi connectivity index (χ1) is 50.9. The van der Waals surface area contributed by atoms with Gasteiger partial charge in [0, 0.05) is 97.4 Å². The highest BCUT2D eigenvalue weighted by Gasteiger charge is 2.48. The van der Waals surface area contributed by atoms with Crippen molar-refractivity contribution >= 4 is 80.3 Å². The van der Waals surface area contributed by atoms with E-state index in [0.29, 0.717) is 34.0 Å². The van der Waals surface area contributed by atoms with Crippen LogP contribution in [0.15, 0.2) is 346 Å². The number of hydrogen-bond donors (Lipinski definition) is 0. The first-order valence-electron chi connectivity index (χ1n) is 37.3. The zero-order valence-corrected chi connectivity index (χ0v) is 65.2. The van der Waals surface area contributed by atoms with E-state index in [-0.39, 0.29) is 0 Å². The fourth-order valence-corrected chi connectivity index (χ4v) is 38.5. The van der Waals surface area contributed by atoms with Gasteiger partial charge in [-0.3, -0.25) is 18.2 Å². The minimum atomic E-state index is -1.01. The van der Waals surface area contributed by atoms with Crippen molar-refractivity contribution in [2.75, 3.05) is 39.3 Å². The third-order valence-corrected chi connectivity index (χ3v) is 40.9. The molecule has 518 valence electrons. The van der Waals surface area contributed by atoms with Crippen LogP contribution < -0.4 is 31.8 Å². The van der Waals surface area contributed by atoms with Crippen LogP contribution in [0.25, 0.3) is 0 Å². The summed E-state index contributed by atoms with van der Waals surface area (Å²) in [4.78, 5) is 3.04. The second-order valence-electron chi connectivity index (χ2n) is 28.0. The van der Waals surface area contributed by atoms with Crippen LogP contribution in [0.2, 0.25) is 0 Å². The highest BCUT2D eigenvalue weighted by atomic mass is 31.2. The number of nitrogens with zero attached hydrogens (tertiary/aromatic N) is 4. The Morgan fingerprint density at radius 2 is 0.379 bits per heavy atom. The molecule has 9 atom stereocenters. The zero-order valence-electron chi connectivity index (χ0n) is 59.8. The van der Waals surface area contributed by atoms with Gasteiger partial charge in [0.15, 0.2) is 0 Å². The molecule has 0 aliphatic carbocycles. The molecule has 3 aliphatic heterocycles. The molecular weight excluding hydrogens is 1360 g/mol. The van der Waals surface area contributed by atoms with Crippen molar-refractivity contribution in [2.45, 2.75) is 93.3 Å². The highest BCUT2D eigenvalue weighted by Crippen LogP contribution is 2.79. The summed E-state index contributed by atoms with van der Waals surface area (Å²) in [5.74, 6) is 0. The normalized spacial score (nSPS) is 19.7. The molecule has 12 aromatic rings. The van der Waals surface area contributed by atoms with E-state index in [1.807, 2.05) is 0 Å². The van der Waals surface area contributed by atoms with Crippen molar-refractivity contribution in [3.05, 3.63) is 396 Å². The molecule has 0 amide bonds. The van der Waals surface area contributed by atoms with E-state index in [1.54, 1.807) is 0 Å². The SMILES string of the molecule is Cc1ccc(P(c2ccccc2)N(CCN(CCN(P(c2ccccc2)c2ccc(C)cc2)P2[C@H](c3ccccc3)CC[C@H]2c2ccccc2)CCN(P(c2ccccc2)c2ccc(C)cc2)P2[C@H](c3ccccc3)CC[C@H]2c2ccccc2)P2[C@H](c3ccccc3)CC[C@H]2c2ccccc2)cc1. The molecule has 0 saturated carbocycles. The maximum atomic E-state index is 3.19. The monoisotopic (exact) mass is 1450 g/mol. The van der Waals surface area contributed by atoms with E-state index in [4.69, 9.17) is 0 Å². The summed E-state index contributed by atoms with van der Waals surface area (Å²) in [5, 5.41) is 8.61. The van der Waals surface area contributed by atoms with E-state index >= 15 is 0 Å². The lowest BCUT2D eigenvalue weighted by Crippen LogP contribution is -2.42. The van der Waals surface area contributed by atoms with Crippen molar-refractivity contribution in [1.29, 1.82) is 0 Å². The van der Waals surface area contributed by atoms with Gasteiger partial charge in [-0.2, -0.15) is 0 Å². The van der Waals surface area contributed by atoms with Gasteiger partial charge in [0.25, 0.3) is 0 Å². The molecule has 0 bridgehead atoms.